The highest BCUT2D eigenvalue weighted by atomic mass is 19.4. The number of hydrogen-bond acceptors (Lipinski definition) is 3. The van der Waals surface area contributed by atoms with Gasteiger partial charge in [0.2, 0.25) is 11.8 Å². The number of hydrogen-bond donors (Lipinski definition) is 2. The summed E-state index contributed by atoms with van der Waals surface area (Å²) in [4.78, 5) is 26.3. The predicted octanol–water partition coefficient (Wildman–Crippen LogP) is 2.88. The number of benzene rings is 1. The Morgan fingerprint density at radius 1 is 1.31 bits per heavy atom. The van der Waals surface area contributed by atoms with E-state index in [0.717, 1.165) is 12.6 Å². The molecule has 1 saturated heterocycles. The van der Waals surface area contributed by atoms with Crippen molar-refractivity contribution in [3.63, 3.8) is 0 Å². The molecule has 2 N–H and O–H groups in total. The second-order valence-electron chi connectivity index (χ2n) is 6.52. The highest BCUT2D eigenvalue weighted by Crippen LogP contribution is 2.34. The monoisotopic (exact) mass is 371 g/mol. The molecule has 0 unspecified atom stereocenters. The first-order valence-electron chi connectivity index (χ1n) is 8.70. The number of likely N-dealkylation sites (N-methyl/N-ethyl adjacent to an activating group) is 1. The molecule has 5 nitrogen and oxygen atoms in total. The predicted molar refractivity (Wildman–Crippen MR) is 92.5 cm³/mol. The van der Waals surface area contributed by atoms with Crippen molar-refractivity contribution in [1.29, 1.82) is 0 Å². The third kappa shape index (κ3) is 5.20. The first-order chi connectivity index (χ1) is 12.2. The molecule has 1 fully saturated rings. The maximum Gasteiger partial charge on any atom is 0.418 e. The Bertz CT molecular complexity index is 649. The van der Waals surface area contributed by atoms with Gasteiger partial charge < -0.3 is 15.5 Å². The minimum Gasteiger partial charge on any atom is -0.333 e. The van der Waals surface area contributed by atoms with Crippen LogP contribution in [0.3, 0.4) is 0 Å². The quantitative estimate of drug-likeness (QED) is 0.837. The van der Waals surface area contributed by atoms with Gasteiger partial charge in [0.15, 0.2) is 0 Å². The molecular weight excluding hydrogens is 347 g/mol. The van der Waals surface area contributed by atoms with E-state index in [-0.39, 0.29) is 30.1 Å². The summed E-state index contributed by atoms with van der Waals surface area (Å²) in [6, 6.07) is 5.02. The van der Waals surface area contributed by atoms with Gasteiger partial charge in [-0.2, -0.15) is 13.2 Å². The van der Waals surface area contributed by atoms with Crippen molar-refractivity contribution >= 4 is 17.5 Å². The van der Waals surface area contributed by atoms with Crippen LogP contribution in [-0.4, -0.2) is 42.4 Å². The molecule has 0 radical (unpaired) electrons. The Labute approximate surface area is 150 Å². The normalized spacial score (nSPS) is 20.5. The van der Waals surface area contributed by atoms with Crippen LogP contribution in [-0.2, 0) is 15.8 Å². The summed E-state index contributed by atoms with van der Waals surface area (Å²) in [5.41, 5.74) is -1.21. The van der Waals surface area contributed by atoms with Crippen LogP contribution >= 0.6 is 0 Å². The fourth-order valence-electron chi connectivity index (χ4n) is 3.16. The summed E-state index contributed by atoms with van der Waals surface area (Å²) >= 11 is 0. The lowest BCUT2D eigenvalue weighted by atomic mass is 9.92. The van der Waals surface area contributed by atoms with E-state index in [4.69, 9.17) is 0 Å². The lowest BCUT2D eigenvalue weighted by Crippen LogP contribution is -2.46. The van der Waals surface area contributed by atoms with Crippen molar-refractivity contribution < 1.29 is 22.8 Å². The van der Waals surface area contributed by atoms with Crippen LogP contribution in [0.1, 0.15) is 32.3 Å². The maximum absolute atomic E-state index is 13.0. The van der Waals surface area contributed by atoms with Crippen molar-refractivity contribution in [3.8, 4) is 0 Å². The number of nitrogens with zero attached hydrogens (tertiary/aromatic N) is 1. The standard InChI is InChI=1S/C18H24F3N3O2/c1-3-24(17(26)13-8-9-22-12(2)10-13)11-16(25)23-15-7-5-4-6-14(15)18(19,20)21/h4-7,12-13,22H,3,8-11H2,1-2H3,(H,23,25)/t12-,13-/m0/s1. The zero-order valence-corrected chi connectivity index (χ0v) is 14.9. The topological polar surface area (TPSA) is 61.4 Å². The third-order valence-corrected chi connectivity index (χ3v) is 4.51. The van der Waals surface area contributed by atoms with Gasteiger partial charge in [-0.25, -0.2) is 0 Å². The minimum atomic E-state index is -4.56. The lowest BCUT2D eigenvalue weighted by molar-refractivity contribution is -0.139. The van der Waals surface area contributed by atoms with Crippen LogP contribution in [0.4, 0.5) is 18.9 Å². The minimum absolute atomic E-state index is 0.125. The Morgan fingerprint density at radius 2 is 2.00 bits per heavy atom. The number of rotatable bonds is 5. The number of alkyl halides is 3. The van der Waals surface area contributed by atoms with E-state index in [2.05, 4.69) is 10.6 Å². The molecule has 1 aromatic carbocycles. The largest absolute Gasteiger partial charge is 0.418 e. The molecule has 1 heterocycles. The van der Waals surface area contributed by atoms with Crippen molar-refractivity contribution in [2.75, 3.05) is 25.0 Å². The summed E-state index contributed by atoms with van der Waals surface area (Å²) < 4.78 is 39.0. The molecule has 0 aliphatic carbocycles. The van der Waals surface area contributed by atoms with Crippen molar-refractivity contribution in [1.82, 2.24) is 10.2 Å². The number of para-hydroxylation sites is 1. The van der Waals surface area contributed by atoms with Gasteiger partial charge in [-0.05, 0) is 45.4 Å². The first-order valence-corrected chi connectivity index (χ1v) is 8.70. The van der Waals surface area contributed by atoms with Gasteiger partial charge in [-0.1, -0.05) is 12.1 Å². The van der Waals surface area contributed by atoms with Gasteiger partial charge in [0.05, 0.1) is 17.8 Å². The number of amides is 2. The Balaban J connectivity index is 2.03. The lowest BCUT2D eigenvalue weighted by Gasteiger charge is -2.31. The molecule has 0 spiro atoms. The smallest absolute Gasteiger partial charge is 0.333 e. The zero-order chi connectivity index (χ0) is 19.3. The molecule has 1 aliphatic heterocycles. The molecule has 2 rings (SSSR count). The second kappa shape index (κ2) is 8.53. The maximum atomic E-state index is 13.0. The average molecular weight is 371 g/mol. The van der Waals surface area contributed by atoms with Gasteiger partial charge in [0, 0.05) is 18.5 Å². The summed E-state index contributed by atoms with van der Waals surface area (Å²) in [6.07, 6.45) is -3.18. The number of halogens is 3. The number of nitrogens with one attached hydrogen (secondary N) is 2. The fraction of sp³-hybridized carbons (Fsp3) is 0.556. The molecule has 1 aliphatic rings. The number of carbonyl (C=O) groups excluding carboxylic acids is 2. The number of anilines is 1. The van der Waals surface area contributed by atoms with E-state index in [9.17, 15) is 22.8 Å². The zero-order valence-electron chi connectivity index (χ0n) is 14.9. The third-order valence-electron chi connectivity index (χ3n) is 4.51. The van der Waals surface area contributed by atoms with Crippen LogP contribution < -0.4 is 10.6 Å². The fourth-order valence-corrected chi connectivity index (χ4v) is 3.16. The van der Waals surface area contributed by atoms with E-state index in [1.54, 1.807) is 6.92 Å². The van der Waals surface area contributed by atoms with Gasteiger partial charge in [-0.15, -0.1) is 0 Å². The molecule has 8 heteroatoms. The molecule has 0 aromatic heterocycles. The van der Waals surface area contributed by atoms with Crippen molar-refractivity contribution in [3.05, 3.63) is 29.8 Å². The summed E-state index contributed by atoms with van der Waals surface area (Å²) in [5, 5.41) is 5.54. The van der Waals surface area contributed by atoms with E-state index in [0.29, 0.717) is 19.4 Å². The van der Waals surface area contributed by atoms with Crippen LogP contribution in [0.25, 0.3) is 0 Å². The molecule has 144 valence electrons. The summed E-state index contributed by atoms with van der Waals surface area (Å²) in [5.74, 6) is -0.930. The average Bonchev–Trinajstić information content (AvgIpc) is 2.58. The highest BCUT2D eigenvalue weighted by molar-refractivity contribution is 5.95. The van der Waals surface area contributed by atoms with E-state index >= 15 is 0 Å². The molecule has 26 heavy (non-hydrogen) atoms. The second-order valence-corrected chi connectivity index (χ2v) is 6.52. The van der Waals surface area contributed by atoms with Crippen LogP contribution in [0.15, 0.2) is 24.3 Å². The molecule has 0 bridgehead atoms. The highest BCUT2D eigenvalue weighted by Gasteiger charge is 2.34. The van der Waals surface area contributed by atoms with Crippen LogP contribution in [0.2, 0.25) is 0 Å². The first kappa shape index (κ1) is 20.2. The number of piperidine rings is 1. The molecular formula is C18H24F3N3O2. The van der Waals surface area contributed by atoms with Gasteiger partial charge in [-0.3, -0.25) is 9.59 Å². The SMILES string of the molecule is CCN(CC(=O)Nc1ccccc1C(F)(F)F)C(=O)[C@H]1CCN[C@@H](C)C1. The van der Waals surface area contributed by atoms with Crippen molar-refractivity contribution in [2.24, 2.45) is 5.92 Å². The van der Waals surface area contributed by atoms with Gasteiger partial charge in [0.25, 0.3) is 0 Å². The van der Waals surface area contributed by atoms with Crippen LogP contribution in [0.5, 0.6) is 0 Å². The summed E-state index contributed by atoms with van der Waals surface area (Å²) in [7, 11) is 0. The van der Waals surface area contributed by atoms with Gasteiger partial charge >= 0.3 is 6.18 Å². The van der Waals surface area contributed by atoms with E-state index in [1.807, 2.05) is 6.92 Å². The molecule has 0 saturated carbocycles. The van der Waals surface area contributed by atoms with Crippen LogP contribution in [0, 0.1) is 5.92 Å². The Kier molecular flexibility index (Phi) is 6.63. The molecule has 2 amide bonds. The Hall–Kier alpha value is -2.09. The molecule has 2 atom stereocenters. The van der Waals surface area contributed by atoms with Gasteiger partial charge in [0.1, 0.15) is 0 Å². The van der Waals surface area contributed by atoms with Crippen molar-refractivity contribution in [2.45, 2.75) is 38.9 Å². The Morgan fingerprint density at radius 3 is 2.62 bits per heavy atom. The molecule has 1 aromatic rings. The number of carbonyl (C=O) groups is 2. The summed E-state index contributed by atoms with van der Waals surface area (Å²) in [6.45, 7) is 4.54. The van der Waals surface area contributed by atoms with E-state index < -0.39 is 17.6 Å². The van der Waals surface area contributed by atoms with E-state index in [1.165, 1.54) is 23.1 Å².